The summed E-state index contributed by atoms with van der Waals surface area (Å²) in [6, 6.07) is 16.5. The Bertz CT molecular complexity index is 1870. The highest BCUT2D eigenvalue weighted by molar-refractivity contribution is 5.94. The van der Waals surface area contributed by atoms with E-state index in [-0.39, 0.29) is 68.5 Å². The summed E-state index contributed by atoms with van der Waals surface area (Å²) in [5, 5.41) is 81.0. The third-order valence-electron chi connectivity index (χ3n) is 5.95. The minimum Gasteiger partial charge on any atom is -0.510 e. The normalized spacial score (nSPS) is 12.3. The minimum atomic E-state index is -0.558. The molecule has 0 spiro atoms. The lowest BCUT2D eigenvalue weighted by molar-refractivity contribution is -0.385. The number of nitro benzene ring substituents is 3. The molecular formula is C33H33N9O12. The molecule has 21 heteroatoms. The molecule has 3 rings (SSSR count). The van der Waals surface area contributed by atoms with Gasteiger partial charge in [0.1, 0.15) is 17.3 Å². The van der Waals surface area contributed by atoms with Gasteiger partial charge >= 0.3 is 0 Å². The second-order valence-corrected chi connectivity index (χ2v) is 10.4. The first-order chi connectivity index (χ1) is 25.2. The van der Waals surface area contributed by atoms with Gasteiger partial charge in [-0.1, -0.05) is 18.2 Å². The van der Waals surface area contributed by atoms with Crippen molar-refractivity contribution in [1.29, 1.82) is 0 Å². The number of non-ortho nitro benzene ring substituents is 3. The van der Waals surface area contributed by atoms with Crippen LogP contribution < -0.4 is 0 Å². The molecule has 0 atom stereocenters. The van der Waals surface area contributed by atoms with Crippen LogP contribution in [0.1, 0.15) is 41.5 Å². The number of carbonyl (C=O) groups excluding carboxylic acids is 3. The molecule has 0 heterocycles. The Morgan fingerprint density at radius 2 is 0.685 bits per heavy atom. The van der Waals surface area contributed by atoms with Crippen molar-refractivity contribution in [3.8, 4) is 0 Å². The second-order valence-electron chi connectivity index (χ2n) is 10.4. The van der Waals surface area contributed by atoms with Crippen molar-refractivity contribution >= 4 is 51.5 Å². The SMILES string of the molecule is CC(=O)/C(N=Nc1cccc([N+](=O)[O-])c1)=C(/C)O.CC(=O)/C(N=Nc1cccc([N+](=O)[O-])c1)=C(/C)O.CC(=O)/C(N=Nc1cccc([N+](=O)[O-])c1)=C(\C)O. The summed E-state index contributed by atoms with van der Waals surface area (Å²) in [4.78, 5) is 63.2. The number of azo groups is 3. The van der Waals surface area contributed by atoms with Crippen LogP contribution in [0.5, 0.6) is 0 Å². The van der Waals surface area contributed by atoms with Gasteiger partial charge in [0.2, 0.25) is 0 Å². The van der Waals surface area contributed by atoms with Crippen LogP contribution in [-0.4, -0.2) is 47.4 Å². The average Bonchev–Trinajstić information content (AvgIpc) is 3.08. The third kappa shape index (κ3) is 15.5. The Kier molecular flexibility index (Phi) is 17.6. The molecule has 0 bridgehead atoms. The number of aliphatic hydroxyl groups is 3. The number of Topliss-reactive ketones (excluding diaryl/α,β-unsaturated/α-hetero) is 3. The highest BCUT2D eigenvalue weighted by Crippen LogP contribution is 2.23. The van der Waals surface area contributed by atoms with E-state index in [1.165, 1.54) is 114 Å². The van der Waals surface area contributed by atoms with Crippen molar-refractivity contribution in [2.75, 3.05) is 0 Å². The summed E-state index contributed by atoms with van der Waals surface area (Å²) >= 11 is 0. The standard InChI is InChI=1S/3C11H11N3O4/c3*1-7(15)11(8(2)16)13-12-9-4-3-5-10(6-9)14(17)18/h3*3-6,15H,1-2H3/b2*11-7+,13-12?;11-7-,13-12?. The Balaban J connectivity index is 0.000000405. The lowest BCUT2D eigenvalue weighted by Crippen LogP contribution is -1.96. The fourth-order valence-electron chi connectivity index (χ4n) is 3.52. The van der Waals surface area contributed by atoms with Crippen LogP contribution in [0.25, 0.3) is 0 Å². The van der Waals surface area contributed by atoms with E-state index in [0.717, 1.165) is 0 Å². The van der Waals surface area contributed by atoms with Crippen LogP contribution in [0.4, 0.5) is 34.1 Å². The fraction of sp³-hybridized carbons (Fsp3) is 0.182. The van der Waals surface area contributed by atoms with Gasteiger partial charge in [0.05, 0.1) is 31.8 Å². The van der Waals surface area contributed by atoms with Gasteiger partial charge in [-0.3, -0.25) is 44.7 Å². The topological polar surface area (TPSA) is 315 Å². The van der Waals surface area contributed by atoms with E-state index in [1.807, 2.05) is 0 Å². The molecule has 0 unspecified atom stereocenters. The van der Waals surface area contributed by atoms with Crippen LogP contribution in [-0.2, 0) is 14.4 Å². The maximum absolute atomic E-state index is 11.1. The molecule has 0 saturated heterocycles. The number of nitrogens with zero attached hydrogens (tertiary/aromatic N) is 9. The number of rotatable bonds is 12. The maximum Gasteiger partial charge on any atom is 0.271 e. The molecule has 54 heavy (non-hydrogen) atoms. The molecule has 3 aromatic carbocycles. The first kappa shape index (κ1) is 44.3. The number of ketones is 3. The molecule has 0 aliphatic heterocycles. The summed E-state index contributed by atoms with van der Waals surface area (Å²) in [6.07, 6.45) is 0. The number of hydrogen-bond donors (Lipinski definition) is 3. The molecule has 0 aliphatic carbocycles. The Morgan fingerprint density at radius 1 is 0.463 bits per heavy atom. The van der Waals surface area contributed by atoms with Gasteiger partial charge in [-0.2, -0.15) is 15.3 Å². The van der Waals surface area contributed by atoms with Gasteiger partial charge in [0.25, 0.3) is 17.1 Å². The van der Waals surface area contributed by atoms with Gasteiger partial charge < -0.3 is 15.3 Å². The predicted octanol–water partition coefficient (Wildman–Crippen LogP) is 9.17. The number of aliphatic hydroxyl groups excluding tert-OH is 3. The molecule has 0 aliphatic rings. The molecule has 0 saturated carbocycles. The van der Waals surface area contributed by atoms with E-state index in [9.17, 15) is 60.0 Å². The lowest BCUT2D eigenvalue weighted by Gasteiger charge is -1.97. The van der Waals surface area contributed by atoms with Crippen molar-refractivity contribution in [1.82, 2.24) is 0 Å². The quantitative estimate of drug-likeness (QED) is 0.0513. The van der Waals surface area contributed by atoms with Gasteiger partial charge in [-0.15, -0.1) is 15.3 Å². The number of hydrogen-bond acceptors (Lipinski definition) is 18. The van der Waals surface area contributed by atoms with Crippen LogP contribution in [0, 0.1) is 30.3 Å². The van der Waals surface area contributed by atoms with Crippen molar-refractivity contribution < 1.29 is 44.5 Å². The number of carbonyl (C=O) groups is 3. The monoisotopic (exact) mass is 747 g/mol. The first-order valence-corrected chi connectivity index (χ1v) is 15.0. The van der Waals surface area contributed by atoms with E-state index in [0.29, 0.717) is 0 Å². The van der Waals surface area contributed by atoms with E-state index in [1.54, 1.807) is 0 Å². The van der Waals surface area contributed by atoms with Crippen LogP contribution in [0.15, 0.2) is 138 Å². The smallest absolute Gasteiger partial charge is 0.271 e. The highest BCUT2D eigenvalue weighted by Gasteiger charge is 2.11. The van der Waals surface area contributed by atoms with Crippen LogP contribution in [0.2, 0.25) is 0 Å². The molecule has 0 fully saturated rings. The summed E-state index contributed by atoms with van der Waals surface area (Å²) in [5.74, 6) is -2.08. The molecule has 21 nitrogen and oxygen atoms in total. The lowest BCUT2D eigenvalue weighted by atomic mass is 10.3. The third-order valence-corrected chi connectivity index (χ3v) is 5.95. The number of nitro groups is 3. The molecule has 3 N–H and O–H groups in total. The highest BCUT2D eigenvalue weighted by atomic mass is 16.6. The van der Waals surface area contributed by atoms with Crippen LogP contribution in [0.3, 0.4) is 0 Å². The predicted molar refractivity (Wildman–Crippen MR) is 191 cm³/mol. The molecule has 0 radical (unpaired) electrons. The summed E-state index contributed by atoms with van der Waals surface area (Å²) in [6.45, 7) is 7.64. The Hall–Kier alpha value is -7.71. The van der Waals surface area contributed by atoms with Crippen molar-refractivity contribution in [2.24, 2.45) is 30.7 Å². The largest absolute Gasteiger partial charge is 0.510 e. The zero-order chi connectivity index (χ0) is 41.1. The van der Waals surface area contributed by atoms with E-state index >= 15 is 0 Å². The fourth-order valence-corrected chi connectivity index (χ4v) is 3.52. The average molecular weight is 748 g/mol. The molecule has 3 aromatic rings. The summed E-state index contributed by atoms with van der Waals surface area (Å²) in [7, 11) is 0. The zero-order valence-corrected chi connectivity index (χ0v) is 29.5. The van der Waals surface area contributed by atoms with Crippen LogP contribution >= 0.6 is 0 Å². The Labute approximate surface area is 305 Å². The number of allylic oxidation sites excluding steroid dienone is 6. The first-order valence-electron chi connectivity index (χ1n) is 15.0. The van der Waals surface area contributed by atoms with Gasteiger partial charge in [-0.25, -0.2) is 0 Å². The molecule has 0 aromatic heterocycles. The molecule has 0 amide bonds. The summed E-state index contributed by atoms with van der Waals surface area (Å²) in [5.41, 5.74) is -0.233. The van der Waals surface area contributed by atoms with Gasteiger partial charge in [0.15, 0.2) is 34.4 Å². The molecule has 282 valence electrons. The Morgan fingerprint density at radius 3 is 0.852 bits per heavy atom. The minimum absolute atomic E-state index is 0.125. The van der Waals surface area contributed by atoms with Crippen molar-refractivity contribution in [3.63, 3.8) is 0 Å². The van der Waals surface area contributed by atoms with E-state index in [2.05, 4.69) is 30.7 Å². The zero-order valence-electron chi connectivity index (χ0n) is 29.5. The van der Waals surface area contributed by atoms with Gasteiger partial charge in [0, 0.05) is 57.2 Å². The second kappa shape index (κ2) is 21.5. The molecular weight excluding hydrogens is 714 g/mol. The van der Waals surface area contributed by atoms with E-state index < -0.39 is 32.1 Å². The van der Waals surface area contributed by atoms with Gasteiger partial charge in [-0.05, 0) is 39.0 Å². The van der Waals surface area contributed by atoms with E-state index in [4.69, 9.17) is 0 Å². The van der Waals surface area contributed by atoms with Crippen molar-refractivity contribution in [3.05, 3.63) is 138 Å². The maximum atomic E-state index is 11.1. The summed E-state index contributed by atoms with van der Waals surface area (Å²) < 4.78 is 0. The van der Waals surface area contributed by atoms with Crippen molar-refractivity contribution in [2.45, 2.75) is 41.5 Å². The number of benzene rings is 3.